The molecule has 7 nitrogen and oxygen atoms in total. The van der Waals surface area contributed by atoms with Crippen molar-refractivity contribution in [2.75, 3.05) is 0 Å². The largest absolute Gasteiger partial charge is 0.308 e. The minimum Gasteiger partial charge on any atom is -0.308 e. The van der Waals surface area contributed by atoms with Gasteiger partial charge in [-0.05, 0) is 31.9 Å². The Kier molecular flexibility index (Phi) is 3.19. The van der Waals surface area contributed by atoms with Gasteiger partial charge in [-0.15, -0.1) is 5.10 Å². The Bertz CT molecular complexity index is 648. The molecule has 0 radical (unpaired) electrons. The van der Waals surface area contributed by atoms with E-state index in [0.717, 1.165) is 11.4 Å². The predicted octanol–water partition coefficient (Wildman–Crippen LogP) is 1.74. The van der Waals surface area contributed by atoms with Crippen LogP contribution in [0.25, 0.3) is 5.69 Å². The van der Waals surface area contributed by atoms with Gasteiger partial charge in [0.2, 0.25) is 0 Å². The van der Waals surface area contributed by atoms with Crippen molar-refractivity contribution < 1.29 is 4.92 Å². The second-order valence-electron chi connectivity index (χ2n) is 5.04. The average Bonchev–Trinajstić information content (AvgIpc) is 3.13. The van der Waals surface area contributed by atoms with Crippen LogP contribution in [0.5, 0.6) is 0 Å². The quantitative estimate of drug-likeness (QED) is 0.662. The molecule has 1 aromatic carbocycles. The van der Waals surface area contributed by atoms with Crippen molar-refractivity contribution in [1.29, 1.82) is 0 Å². The van der Waals surface area contributed by atoms with Gasteiger partial charge in [-0.3, -0.25) is 10.1 Å². The van der Waals surface area contributed by atoms with Crippen molar-refractivity contribution in [2.45, 2.75) is 32.4 Å². The smallest absolute Gasteiger partial charge is 0.272 e. The van der Waals surface area contributed by atoms with Crippen molar-refractivity contribution in [3.63, 3.8) is 0 Å². The summed E-state index contributed by atoms with van der Waals surface area (Å²) in [5, 5.41) is 22.3. The van der Waals surface area contributed by atoms with E-state index in [4.69, 9.17) is 0 Å². The maximum Gasteiger partial charge on any atom is 0.272 e. The lowest BCUT2D eigenvalue weighted by molar-refractivity contribution is -0.385. The molecule has 0 atom stereocenters. The van der Waals surface area contributed by atoms with Crippen LogP contribution in [0.2, 0.25) is 0 Å². The van der Waals surface area contributed by atoms with Crippen LogP contribution in [-0.4, -0.2) is 26.0 Å². The second-order valence-corrected chi connectivity index (χ2v) is 5.04. The number of nitro groups is 1. The first-order chi connectivity index (χ1) is 9.63. The Hall–Kier alpha value is -2.28. The first-order valence-electron chi connectivity index (χ1n) is 6.53. The van der Waals surface area contributed by atoms with Crippen molar-refractivity contribution >= 4 is 5.69 Å². The van der Waals surface area contributed by atoms with Gasteiger partial charge in [0.1, 0.15) is 0 Å². The summed E-state index contributed by atoms with van der Waals surface area (Å²) in [5.41, 5.74) is 2.37. The third-order valence-corrected chi connectivity index (χ3v) is 3.33. The van der Waals surface area contributed by atoms with Crippen LogP contribution in [0.3, 0.4) is 0 Å². The van der Waals surface area contributed by atoms with Crippen LogP contribution in [0, 0.1) is 17.0 Å². The number of benzene rings is 1. The molecule has 1 N–H and O–H groups in total. The summed E-state index contributed by atoms with van der Waals surface area (Å²) < 4.78 is 1.64. The average molecular weight is 273 g/mol. The van der Waals surface area contributed by atoms with E-state index in [1.54, 1.807) is 23.7 Å². The molecule has 7 heteroatoms. The molecule has 0 saturated heterocycles. The predicted molar refractivity (Wildman–Crippen MR) is 72.6 cm³/mol. The summed E-state index contributed by atoms with van der Waals surface area (Å²) in [5.74, 6) is 0. The van der Waals surface area contributed by atoms with Gasteiger partial charge in [0.15, 0.2) is 0 Å². The van der Waals surface area contributed by atoms with E-state index in [0.29, 0.717) is 18.2 Å². The molecule has 104 valence electrons. The molecular formula is C13H15N5O2. The van der Waals surface area contributed by atoms with E-state index >= 15 is 0 Å². The van der Waals surface area contributed by atoms with Gasteiger partial charge in [0.25, 0.3) is 5.69 Å². The first-order valence-corrected chi connectivity index (χ1v) is 6.53. The number of aryl methyl sites for hydroxylation is 1. The second kappa shape index (κ2) is 5.01. The standard InChI is InChI=1S/C13H15N5O2/c1-9-6-12(4-5-13(9)18(19)20)17-8-11(15-16-17)7-14-10-2-3-10/h4-6,8,10,14H,2-3,7H2,1H3. The van der Waals surface area contributed by atoms with Crippen molar-refractivity contribution in [3.8, 4) is 5.69 Å². The molecule has 1 aliphatic rings. The monoisotopic (exact) mass is 273 g/mol. The fraction of sp³-hybridized carbons (Fsp3) is 0.385. The topological polar surface area (TPSA) is 85.9 Å². The summed E-state index contributed by atoms with van der Waals surface area (Å²) in [6.07, 6.45) is 4.31. The molecule has 3 rings (SSSR count). The number of hydrogen-bond acceptors (Lipinski definition) is 5. The fourth-order valence-corrected chi connectivity index (χ4v) is 2.03. The lowest BCUT2D eigenvalue weighted by atomic mass is 10.2. The molecule has 1 fully saturated rings. The Morgan fingerprint density at radius 3 is 2.95 bits per heavy atom. The molecule has 1 heterocycles. The molecule has 1 aromatic heterocycles. The van der Waals surface area contributed by atoms with E-state index in [1.807, 2.05) is 6.20 Å². The van der Waals surface area contributed by atoms with Crippen LogP contribution in [0.4, 0.5) is 5.69 Å². The number of rotatable bonds is 5. The van der Waals surface area contributed by atoms with E-state index in [-0.39, 0.29) is 10.6 Å². The third kappa shape index (κ3) is 2.67. The van der Waals surface area contributed by atoms with E-state index in [2.05, 4.69) is 15.6 Å². The molecule has 0 spiro atoms. The van der Waals surface area contributed by atoms with Crippen LogP contribution in [0.1, 0.15) is 24.1 Å². The highest BCUT2D eigenvalue weighted by Crippen LogP contribution is 2.21. The van der Waals surface area contributed by atoms with Crippen molar-refractivity contribution in [2.24, 2.45) is 0 Å². The molecule has 0 aliphatic heterocycles. The Labute approximate surface area is 115 Å². The summed E-state index contributed by atoms with van der Waals surface area (Å²) in [4.78, 5) is 10.4. The van der Waals surface area contributed by atoms with Crippen LogP contribution >= 0.6 is 0 Å². The van der Waals surface area contributed by atoms with Gasteiger partial charge < -0.3 is 5.32 Å². The lowest BCUT2D eigenvalue weighted by Gasteiger charge is -2.02. The molecule has 2 aromatic rings. The van der Waals surface area contributed by atoms with Crippen molar-refractivity contribution in [1.82, 2.24) is 20.3 Å². The van der Waals surface area contributed by atoms with Crippen LogP contribution in [-0.2, 0) is 6.54 Å². The fourth-order valence-electron chi connectivity index (χ4n) is 2.03. The summed E-state index contributed by atoms with van der Waals surface area (Å²) in [6, 6.07) is 5.54. The zero-order chi connectivity index (χ0) is 14.1. The highest BCUT2D eigenvalue weighted by Gasteiger charge is 2.20. The van der Waals surface area contributed by atoms with Crippen molar-refractivity contribution in [3.05, 3.63) is 45.8 Å². The number of aromatic nitrogens is 3. The number of nitrogens with one attached hydrogen (secondary N) is 1. The number of hydrogen-bond donors (Lipinski definition) is 1. The third-order valence-electron chi connectivity index (χ3n) is 3.33. The SMILES string of the molecule is Cc1cc(-n2cc(CNC3CC3)nn2)ccc1[N+](=O)[O-]. The van der Waals surface area contributed by atoms with Crippen LogP contribution in [0.15, 0.2) is 24.4 Å². The van der Waals surface area contributed by atoms with Gasteiger partial charge in [0, 0.05) is 24.2 Å². The number of nitro benzene ring substituents is 1. The molecule has 20 heavy (non-hydrogen) atoms. The van der Waals surface area contributed by atoms with E-state index < -0.39 is 0 Å². The molecule has 0 unspecified atom stereocenters. The van der Waals surface area contributed by atoms with Gasteiger partial charge in [-0.1, -0.05) is 5.21 Å². The van der Waals surface area contributed by atoms with E-state index in [9.17, 15) is 10.1 Å². The molecule has 1 aliphatic carbocycles. The van der Waals surface area contributed by atoms with Crippen LogP contribution < -0.4 is 5.32 Å². The molecule has 1 saturated carbocycles. The number of nitrogens with zero attached hydrogens (tertiary/aromatic N) is 4. The molecular weight excluding hydrogens is 258 g/mol. The van der Waals surface area contributed by atoms with E-state index in [1.165, 1.54) is 18.9 Å². The zero-order valence-electron chi connectivity index (χ0n) is 11.1. The molecule has 0 amide bonds. The summed E-state index contributed by atoms with van der Waals surface area (Å²) in [6.45, 7) is 2.42. The lowest BCUT2D eigenvalue weighted by Crippen LogP contribution is -2.15. The Morgan fingerprint density at radius 1 is 1.50 bits per heavy atom. The highest BCUT2D eigenvalue weighted by atomic mass is 16.6. The summed E-state index contributed by atoms with van der Waals surface area (Å²) in [7, 11) is 0. The Morgan fingerprint density at radius 2 is 2.30 bits per heavy atom. The normalized spacial score (nSPS) is 14.4. The van der Waals surface area contributed by atoms with Gasteiger partial charge in [-0.2, -0.15) is 0 Å². The van der Waals surface area contributed by atoms with Gasteiger partial charge in [-0.25, -0.2) is 4.68 Å². The Balaban J connectivity index is 1.77. The maximum atomic E-state index is 10.8. The zero-order valence-corrected chi connectivity index (χ0v) is 11.1. The van der Waals surface area contributed by atoms with Gasteiger partial charge >= 0.3 is 0 Å². The first kappa shape index (κ1) is 12.7. The van der Waals surface area contributed by atoms with Gasteiger partial charge in [0.05, 0.1) is 22.5 Å². The minimum absolute atomic E-state index is 0.115. The minimum atomic E-state index is -0.383. The summed E-state index contributed by atoms with van der Waals surface area (Å²) >= 11 is 0. The molecule has 0 bridgehead atoms. The highest BCUT2D eigenvalue weighted by molar-refractivity contribution is 5.47. The maximum absolute atomic E-state index is 10.8.